The summed E-state index contributed by atoms with van der Waals surface area (Å²) in [6.07, 6.45) is -0.605. The minimum Gasteiger partial charge on any atom is -0.497 e. The maximum Gasteiger partial charge on any atom is 0.414 e. The fourth-order valence-electron chi connectivity index (χ4n) is 3.47. The van der Waals surface area contributed by atoms with Crippen LogP contribution in [-0.4, -0.2) is 51.4 Å². The summed E-state index contributed by atoms with van der Waals surface area (Å²) in [6.45, 7) is 5.24. The molecular formula is C30H34N2O8. The number of ether oxygens (including phenoxy) is 5. The quantitative estimate of drug-likeness (QED) is 0.332. The molecule has 0 aliphatic carbocycles. The van der Waals surface area contributed by atoms with Crippen LogP contribution in [0.3, 0.4) is 0 Å². The first-order valence-electron chi connectivity index (χ1n) is 12.5. The molecule has 1 N–H and O–H groups in total. The van der Waals surface area contributed by atoms with E-state index in [0.717, 1.165) is 11.3 Å². The zero-order valence-electron chi connectivity index (χ0n) is 23.5. The van der Waals surface area contributed by atoms with Gasteiger partial charge in [-0.2, -0.15) is 0 Å². The molecule has 0 aliphatic heterocycles. The molecule has 0 radical (unpaired) electrons. The lowest BCUT2D eigenvalue weighted by Crippen LogP contribution is -2.34. The van der Waals surface area contributed by atoms with Crippen LogP contribution < -0.4 is 24.4 Å². The molecule has 10 heteroatoms. The topological polar surface area (TPSA) is 113 Å². The van der Waals surface area contributed by atoms with Gasteiger partial charge in [0.2, 0.25) is 0 Å². The van der Waals surface area contributed by atoms with Gasteiger partial charge in [0.25, 0.3) is 5.91 Å². The fourth-order valence-corrected chi connectivity index (χ4v) is 3.47. The van der Waals surface area contributed by atoms with Gasteiger partial charge in [-0.1, -0.05) is 18.2 Å². The van der Waals surface area contributed by atoms with Crippen LogP contribution in [0.4, 0.5) is 16.2 Å². The lowest BCUT2D eigenvalue weighted by atomic mass is 10.2. The van der Waals surface area contributed by atoms with Gasteiger partial charge in [0.05, 0.1) is 31.2 Å². The standard InChI is InChI=1S/C30H34N2O8/c1-30(2,3)40-29(35)32(4)26-17-24(38-18-20-10-12-22(36-5)13-11-20)14-15-25(26)31-27(33)19-39-23-9-7-8-21(16-23)28(34)37-6/h7-17H,18-19H2,1-6H3,(H,31,33). The van der Waals surface area contributed by atoms with Crippen LogP contribution in [0, 0.1) is 0 Å². The summed E-state index contributed by atoms with van der Waals surface area (Å²) in [5, 5.41) is 2.77. The average molecular weight is 551 g/mol. The highest BCUT2D eigenvalue weighted by atomic mass is 16.6. The summed E-state index contributed by atoms with van der Waals surface area (Å²) in [7, 11) is 4.43. The predicted molar refractivity (Wildman–Crippen MR) is 150 cm³/mol. The van der Waals surface area contributed by atoms with Gasteiger partial charge in [0.1, 0.15) is 29.5 Å². The van der Waals surface area contributed by atoms with Gasteiger partial charge in [-0.25, -0.2) is 9.59 Å². The Morgan fingerprint density at radius 3 is 2.17 bits per heavy atom. The summed E-state index contributed by atoms with van der Waals surface area (Å²) in [5.41, 5.74) is 1.22. The van der Waals surface area contributed by atoms with Crippen molar-refractivity contribution >= 4 is 29.3 Å². The average Bonchev–Trinajstić information content (AvgIpc) is 2.94. The van der Waals surface area contributed by atoms with E-state index in [1.54, 1.807) is 71.3 Å². The first-order chi connectivity index (χ1) is 19.0. The molecule has 10 nitrogen and oxygen atoms in total. The van der Waals surface area contributed by atoms with Crippen LogP contribution in [0.5, 0.6) is 17.2 Å². The van der Waals surface area contributed by atoms with Gasteiger partial charge < -0.3 is 29.0 Å². The zero-order chi connectivity index (χ0) is 29.3. The number of carbonyl (C=O) groups is 3. The minimum absolute atomic E-state index is 0.282. The number of rotatable bonds is 10. The lowest BCUT2D eigenvalue weighted by molar-refractivity contribution is -0.118. The number of amides is 2. The van der Waals surface area contributed by atoms with E-state index in [0.29, 0.717) is 28.4 Å². The first-order valence-corrected chi connectivity index (χ1v) is 12.5. The third kappa shape index (κ3) is 8.65. The number of carbonyl (C=O) groups excluding carboxylic acids is 3. The molecule has 0 atom stereocenters. The van der Waals surface area contributed by atoms with Crippen molar-refractivity contribution in [2.24, 2.45) is 0 Å². The SMILES string of the molecule is COC(=O)c1cccc(OCC(=O)Nc2ccc(OCc3ccc(OC)cc3)cc2N(C)C(=O)OC(C)(C)C)c1. The van der Waals surface area contributed by atoms with Crippen LogP contribution in [0.15, 0.2) is 66.7 Å². The summed E-state index contributed by atoms with van der Waals surface area (Å²) in [6, 6.07) is 18.7. The first kappa shape index (κ1) is 29.8. The van der Waals surface area contributed by atoms with Crippen molar-refractivity contribution in [1.82, 2.24) is 0 Å². The van der Waals surface area contributed by atoms with Crippen molar-refractivity contribution in [3.8, 4) is 17.2 Å². The minimum atomic E-state index is -0.718. The highest BCUT2D eigenvalue weighted by Gasteiger charge is 2.23. The lowest BCUT2D eigenvalue weighted by Gasteiger charge is -2.26. The third-order valence-corrected chi connectivity index (χ3v) is 5.46. The summed E-state index contributed by atoms with van der Waals surface area (Å²) in [5.74, 6) is 0.556. The van der Waals surface area contributed by atoms with Gasteiger partial charge in [-0.3, -0.25) is 9.69 Å². The molecule has 0 aromatic heterocycles. The highest BCUT2D eigenvalue weighted by Crippen LogP contribution is 2.31. The van der Waals surface area contributed by atoms with E-state index in [2.05, 4.69) is 5.32 Å². The zero-order valence-corrected chi connectivity index (χ0v) is 23.5. The summed E-state index contributed by atoms with van der Waals surface area (Å²) < 4.78 is 26.9. The van der Waals surface area contributed by atoms with Gasteiger partial charge in [-0.05, 0) is 68.8 Å². The number of esters is 1. The maximum absolute atomic E-state index is 12.8. The molecule has 0 saturated heterocycles. The molecule has 0 bridgehead atoms. The Hall–Kier alpha value is -4.73. The van der Waals surface area contributed by atoms with E-state index >= 15 is 0 Å². The Balaban J connectivity index is 1.76. The Bertz CT molecular complexity index is 1330. The molecule has 0 unspecified atom stereocenters. The largest absolute Gasteiger partial charge is 0.497 e. The van der Waals surface area contributed by atoms with Gasteiger partial charge >= 0.3 is 12.1 Å². The Labute approximate surface area is 233 Å². The highest BCUT2D eigenvalue weighted by molar-refractivity contribution is 5.99. The number of nitrogens with zero attached hydrogens (tertiary/aromatic N) is 1. The number of benzene rings is 3. The van der Waals surface area contributed by atoms with Crippen molar-refractivity contribution < 1.29 is 38.1 Å². The smallest absolute Gasteiger partial charge is 0.414 e. The summed E-state index contributed by atoms with van der Waals surface area (Å²) >= 11 is 0. The van der Waals surface area contributed by atoms with Crippen LogP contribution >= 0.6 is 0 Å². The molecule has 0 spiro atoms. The van der Waals surface area contributed by atoms with Crippen LogP contribution in [0.2, 0.25) is 0 Å². The van der Waals surface area contributed by atoms with Crippen LogP contribution in [-0.2, 0) is 20.9 Å². The number of anilines is 2. The molecule has 3 aromatic carbocycles. The number of hydrogen-bond donors (Lipinski definition) is 1. The molecular weight excluding hydrogens is 516 g/mol. The molecule has 0 fully saturated rings. The Kier molecular flexibility index (Phi) is 9.97. The predicted octanol–water partition coefficient (Wildman–Crippen LogP) is 5.45. The van der Waals surface area contributed by atoms with E-state index in [-0.39, 0.29) is 13.2 Å². The monoisotopic (exact) mass is 550 g/mol. The second-order valence-corrected chi connectivity index (χ2v) is 9.71. The van der Waals surface area contributed by atoms with E-state index in [4.69, 9.17) is 23.7 Å². The van der Waals surface area contributed by atoms with Gasteiger partial charge in [0, 0.05) is 13.1 Å². The number of nitrogens with one attached hydrogen (secondary N) is 1. The maximum atomic E-state index is 12.8. The van der Waals surface area contributed by atoms with E-state index in [1.165, 1.54) is 18.1 Å². The fraction of sp³-hybridized carbons (Fsp3) is 0.300. The number of hydrogen-bond acceptors (Lipinski definition) is 8. The van der Waals surface area contributed by atoms with Crippen molar-refractivity contribution in [2.45, 2.75) is 33.0 Å². The molecule has 0 aliphatic rings. The van der Waals surface area contributed by atoms with E-state index in [1.807, 2.05) is 24.3 Å². The van der Waals surface area contributed by atoms with Gasteiger partial charge in [-0.15, -0.1) is 0 Å². The second kappa shape index (κ2) is 13.4. The molecule has 2 amide bonds. The van der Waals surface area contributed by atoms with Crippen LogP contribution in [0.25, 0.3) is 0 Å². The molecule has 0 saturated carbocycles. The van der Waals surface area contributed by atoms with Crippen LogP contribution in [0.1, 0.15) is 36.7 Å². The third-order valence-electron chi connectivity index (χ3n) is 5.46. The van der Waals surface area contributed by atoms with Crippen molar-refractivity contribution in [3.05, 3.63) is 77.9 Å². The number of methoxy groups -OCH3 is 2. The van der Waals surface area contributed by atoms with Crippen molar-refractivity contribution in [3.63, 3.8) is 0 Å². The normalized spacial score (nSPS) is 10.8. The molecule has 3 rings (SSSR count). The Morgan fingerprint density at radius 1 is 0.850 bits per heavy atom. The molecule has 212 valence electrons. The second-order valence-electron chi connectivity index (χ2n) is 9.71. The van der Waals surface area contributed by atoms with E-state index < -0.39 is 23.6 Å². The molecule has 40 heavy (non-hydrogen) atoms. The Morgan fingerprint density at radius 2 is 1.52 bits per heavy atom. The van der Waals surface area contributed by atoms with Crippen molar-refractivity contribution in [1.29, 1.82) is 0 Å². The molecule has 0 heterocycles. The molecule has 3 aromatic rings. The summed E-state index contributed by atoms with van der Waals surface area (Å²) in [4.78, 5) is 38.7. The van der Waals surface area contributed by atoms with Crippen molar-refractivity contribution in [2.75, 3.05) is 38.1 Å². The van der Waals surface area contributed by atoms with E-state index in [9.17, 15) is 14.4 Å². The van der Waals surface area contributed by atoms with Gasteiger partial charge in [0.15, 0.2) is 6.61 Å².